The standard InChI is InChI=1S/C18H22N4O/c1-3-21-8-4-5-13(21)10-22-11-19-16-14-9-12(2)6-7-15(14)20-17(16)18(22)23/h6-7,9,11,13,20H,3-5,8,10H2,1-2H3/p+1/t13-/m1/s1. The number of likely N-dealkylation sites (tertiary alicyclic amines) is 1. The number of aromatic amines is 1. The van der Waals surface area contributed by atoms with Crippen LogP contribution in [0.25, 0.3) is 21.9 Å². The highest BCUT2D eigenvalue weighted by molar-refractivity contribution is 6.04. The van der Waals surface area contributed by atoms with E-state index < -0.39 is 0 Å². The topological polar surface area (TPSA) is 55.1 Å². The monoisotopic (exact) mass is 311 g/mol. The maximum absolute atomic E-state index is 12.8. The Labute approximate surface area is 134 Å². The summed E-state index contributed by atoms with van der Waals surface area (Å²) in [4.78, 5) is 22.3. The molecule has 3 heterocycles. The molecule has 3 aromatic rings. The number of hydrogen-bond acceptors (Lipinski definition) is 2. The van der Waals surface area contributed by atoms with Crippen molar-refractivity contribution in [1.82, 2.24) is 14.5 Å². The van der Waals surface area contributed by atoms with E-state index in [1.54, 1.807) is 15.8 Å². The van der Waals surface area contributed by atoms with Gasteiger partial charge in [0.25, 0.3) is 5.56 Å². The molecular formula is C18H23N4O+. The summed E-state index contributed by atoms with van der Waals surface area (Å²) >= 11 is 0. The van der Waals surface area contributed by atoms with Gasteiger partial charge in [0, 0.05) is 23.7 Å². The van der Waals surface area contributed by atoms with E-state index in [4.69, 9.17) is 0 Å². The molecule has 1 fully saturated rings. The van der Waals surface area contributed by atoms with Gasteiger partial charge < -0.3 is 9.88 Å². The second-order valence-electron chi connectivity index (χ2n) is 6.70. The molecule has 5 nitrogen and oxygen atoms in total. The molecule has 0 amide bonds. The number of likely N-dealkylation sites (N-methyl/N-ethyl adjacent to an activating group) is 1. The Bertz CT molecular complexity index is 924. The largest absolute Gasteiger partial charge is 0.349 e. The number of rotatable bonds is 3. The summed E-state index contributed by atoms with van der Waals surface area (Å²) in [5.74, 6) is 0. The molecular weight excluding hydrogens is 288 g/mol. The number of nitrogens with one attached hydrogen (secondary N) is 2. The number of fused-ring (bicyclic) bond motifs is 3. The van der Waals surface area contributed by atoms with Crippen molar-refractivity contribution >= 4 is 21.9 Å². The van der Waals surface area contributed by atoms with E-state index in [2.05, 4.69) is 35.9 Å². The molecule has 2 N–H and O–H groups in total. The van der Waals surface area contributed by atoms with Crippen LogP contribution in [0, 0.1) is 6.92 Å². The molecule has 1 unspecified atom stereocenters. The minimum atomic E-state index is 0.0474. The van der Waals surface area contributed by atoms with Gasteiger partial charge in [-0.2, -0.15) is 0 Å². The molecule has 2 aromatic heterocycles. The van der Waals surface area contributed by atoms with Crippen LogP contribution < -0.4 is 10.5 Å². The predicted octanol–water partition coefficient (Wildman–Crippen LogP) is 1.25. The number of quaternary nitrogens is 1. The van der Waals surface area contributed by atoms with Gasteiger partial charge in [-0.3, -0.25) is 9.36 Å². The third kappa shape index (κ3) is 2.36. The highest BCUT2D eigenvalue weighted by atomic mass is 16.1. The van der Waals surface area contributed by atoms with Crippen LogP contribution in [-0.4, -0.2) is 33.7 Å². The molecule has 0 spiro atoms. The van der Waals surface area contributed by atoms with Gasteiger partial charge in [-0.05, 0) is 26.0 Å². The maximum Gasteiger partial charge on any atom is 0.277 e. The number of hydrogen-bond donors (Lipinski definition) is 2. The lowest BCUT2D eigenvalue weighted by Gasteiger charge is -2.20. The van der Waals surface area contributed by atoms with Crippen molar-refractivity contribution in [3.8, 4) is 0 Å². The molecule has 1 aromatic carbocycles. The highest BCUT2D eigenvalue weighted by Gasteiger charge is 2.27. The zero-order chi connectivity index (χ0) is 16.0. The first kappa shape index (κ1) is 14.5. The second-order valence-corrected chi connectivity index (χ2v) is 6.70. The summed E-state index contributed by atoms with van der Waals surface area (Å²) in [7, 11) is 0. The van der Waals surface area contributed by atoms with Gasteiger partial charge in [-0.25, -0.2) is 4.98 Å². The third-order valence-electron chi connectivity index (χ3n) is 5.23. The van der Waals surface area contributed by atoms with E-state index in [0.29, 0.717) is 11.6 Å². The molecule has 2 atom stereocenters. The summed E-state index contributed by atoms with van der Waals surface area (Å²) in [6.45, 7) is 7.39. The predicted molar refractivity (Wildman–Crippen MR) is 92.0 cm³/mol. The molecule has 1 saturated heterocycles. The van der Waals surface area contributed by atoms with Crippen molar-refractivity contribution in [2.75, 3.05) is 13.1 Å². The van der Waals surface area contributed by atoms with E-state index in [0.717, 1.165) is 29.5 Å². The van der Waals surface area contributed by atoms with E-state index in [9.17, 15) is 4.79 Å². The van der Waals surface area contributed by atoms with Crippen molar-refractivity contribution in [3.63, 3.8) is 0 Å². The van der Waals surface area contributed by atoms with Gasteiger partial charge in [0.1, 0.15) is 17.1 Å². The molecule has 0 aliphatic carbocycles. The maximum atomic E-state index is 12.8. The smallest absolute Gasteiger partial charge is 0.277 e. The molecule has 4 rings (SSSR count). The number of aryl methyl sites for hydroxylation is 1. The van der Waals surface area contributed by atoms with Crippen LogP contribution in [0.3, 0.4) is 0 Å². The molecule has 23 heavy (non-hydrogen) atoms. The SMILES string of the molecule is CC[NH+]1CCC[C@@H]1Cn1cnc2c([nH]c3ccc(C)cc32)c1=O. The van der Waals surface area contributed by atoms with Crippen LogP contribution in [0.4, 0.5) is 0 Å². The van der Waals surface area contributed by atoms with Gasteiger partial charge in [-0.1, -0.05) is 11.6 Å². The Hall–Kier alpha value is -2.14. The number of benzene rings is 1. The van der Waals surface area contributed by atoms with Gasteiger partial charge in [-0.15, -0.1) is 0 Å². The fourth-order valence-electron chi connectivity index (χ4n) is 3.94. The minimum Gasteiger partial charge on any atom is -0.349 e. The Morgan fingerprint density at radius 2 is 2.30 bits per heavy atom. The molecule has 1 aliphatic heterocycles. The average Bonchev–Trinajstić information content (AvgIpc) is 3.14. The first-order valence-corrected chi connectivity index (χ1v) is 8.49. The zero-order valence-corrected chi connectivity index (χ0v) is 13.7. The van der Waals surface area contributed by atoms with Crippen molar-refractivity contribution in [1.29, 1.82) is 0 Å². The normalized spacial score (nSPS) is 21.5. The van der Waals surface area contributed by atoms with Gasteiger partial charge in [0.2, 0.25) is 0 Å². The average molecular weight is 311 g/mol. The summed E-state index contributed by atoms with van der Waals surface area (Å²) < 4.78 is 1.79. The van der Waals surface area contributed by atoms with Crippen LogP contribution >= 0.6 is 0 Å². The zero-order valence-electron chi connectivity index (χ0n) is 13.7. The first-order chi connectivity index (χ1) is 11.2. The third-order valence-corrected chi connectivity index (χ3v) is 5.23. The Balaban J connectivity index is 1.79. The summed E-state index contributed by atoms with van der Waals surface area (Å²) in [5.41, 5.74) is 3.62. The highest BCUT2D eigenvalue weighted by Crippen LogP contribution is 2.22. The summed E-state index contributed by atoms with van der Waals surface area (Å²) in [6, 6.07) is 6.70. The number of nitrogens with zero attached hydrogens (tertiary/aromatic N) is 2. The Morgan fingerprint density at radius 3 is 3.13 bits per heavy atom. The molecule has 1 aliphatic rings. The molecule has 0 bridgehead atoms. The molecule has 0 saturated carbocycles. The Morgan fingerprint density at radius 1 is 1.43 bits per heavy atom. The van der Waals surface area contributed by atoms with Crippen LogP contribution in [0.15, 0.2) is 29.3 Å². The lowest BCUT2D eigenvalue weighted by Crippen LogP contribution is -3.13. The lowest BCUT2D eigenvalue weighted by molar-refractivity contribution is -0.911. The van der Waals surface area contributed by atoms with Crippen molar-refractivity contribution < 1.29 is 4.90 Å². The van der Waals surface area contributed by atoms with E-state index >= 15 is 0 Å². The van der Waals surface area contributed by atoms with Crippen LogP contribution in [-0.2, 0) is 6.54 Å². The molecule has 5 heteroatoms. The second kappa shape index (κ2) is 5.49. The lowest BCUT2D eigenvalue weighted by atomic mass is 10.1. The van der Waals surface area contributed by atoms with E-state index in [1.807, 2.05) is 6.07 Å². The van der Waals surface area contributed by atoms with E-state index in [1.165, 1.54) is 24.9 Å². The molecule has 120 valence electrons. The van der Waals surface area contributed by atoms with Crippen molar-refractivity contribution in [2.45, 2.75) is 39.3 Å². The summed E-state index contributed by atoms with van der Waals surface area (Å²) in [5, 5.41) is 1.03. The minimum absolute atomic E-state index is 0.0474. The Kier molecular flexibility index (Phi) is 3.45. The van der Waals surface area contributed by atoms with Gasteiger partial charge in [0.15, 0.2) is 0 Å². The van der Waals surface area contributed by atoms with Crippen molar-refractivity contribution in [3.05, 3.63) is 40.4 Å². The van der Waals surface area contributed by atoms with Gasteiger partial charge >= 0.3 is 0 Å². The summed E-state index contributed by atoms with van der Waals surface area (Å²) in [6.07, 6.45) is 4.18. The van der Waals surface area contributed by atoms with Crippen LogP contribution in [0.5, 0.6) is 0 Å². The molecule has 0 radical (unpaired) electrons. The number of aromatic nitrogens is 3. The van der Waals surface area contributed by atoms with Crippen LogP contribution in [0.1, 0.15) is 25.3 Å². The van der Waals surface area contributed by atoms with Crippen LogP contribution in [0.2, 0.25) is 0 Å². The van der Waals surface area contributed by atoms with E-state index in [-0.39, 0.29) is 5.56 Å². The first-order valence-electron chi connectivity index (χ1n) is 8.49. The quantitative estimate of drug-likeness (QED) is 0.765. The fraction of sp³-hybridized carbons (Fsp3) is 0.444. The number of H-pyrrole nitrogens is 1. The van der Waals surface area contributed by atoms with Crippen molar-refractivity contribution in [2.24, 2.45) is 0 Å². The fourth-order valence-corrected chi connectivity index (χ4v) is 3.94. The van der Waals surface area contributed by atoms with Gasteiger partial charge in [0.05, 0.1) is 26.0 Å².